The van der Waals surface area contributed by atoms with Gasteiger partial charge >= 0.3 is 0 Å². The van der Waals surface area contributed by atoms with Crippen LogP contribution in [0.2, 0.25) is 0 Å². The second kappa shape index (κ2) is 6.76. The van der Waals surface area contributed by atoms with Gasteiger partial charge in [-0.05, 0) is 25.7 Å². The quantitative estimate of drug-likeness (QED) is 0.585. The van der Waals surface area contributed by atoms with Crippen molar-refractivity contribution < 1.29 is 4.74 Å². The number of nitrogens with one attached hydrogen (secondary N) is 2. The first-order chi connectivity index (χ1) is 9.53. The SMILES string of the molecule is CCNC(=NCC(C)N1CCOCC1)NC1CC1(C)C. The lowest BCUT2D eigenvalue weighted by Crippen LogP contribution is -2.45. The molecule has 2 N–H and O–H groups in total. The normalized spacial score (nSPS) is 28.0. The minimum absolute atomic E-state index is 0.423. The van der Waals surface area contributed by atoms with Crippen LogP contribution in [0.25, 0.3) is 0 Å². The van der Waals surface area contributed by atoms with Gasteiger partial charge in [-0.1, -0.05) is 13.8 Å². The summed E-state index contributed by atoms with van der Waals surface area (Å²) >= 11 is 0. The molecule has 1 aliphatic carbocycles. The molecule has 0 aromatic rings. The van der Waals surface area contributed by atoms with Crippen LogP contribution in [0.4, 0.5) is 0 Å². The third-order valence-corrected chi connectivity index (χ3v) is 4.35. The summed E-state index contributed by atoms with van der Waals surface area (Å²) in [5.41, 5.74) is 0.423. The van der Waals surface area contributed by atoms with Crippen molar-refractivity contribution >= 4 is 5.96 Å². The molecule has 1 saturated heterocycles. The van der Waals surface area contributed by atoms with E-state index in [1.807, 2.05) is 0 Å². The molecule has 0 amide bonds. The lowest BCUT2D eigenvalue weighted by Gasteiger charge is -2.31. The van der Waals surface area contributed by atoms with Crippen LogP contribution in [0, 0.1) is 5.41 Å². The smallest absolute Gasteiger partial charge is 0.191 e. The Labute approximate surface area is 123 Å². The summed E-state index contributed by atoms with van der Waals surface area (Å²) in [6.07, 6.45) is 1.23. The van der Waals surface area contributed by atoms with E-state index in [4.69, 9.17) is 9.73 Å². The molecular weight excluding hydrogens is 252 g/mol. The highest BCUT2D eigenvalue weighted by Gasteiger charge is 2.46. The number of nitrogens with zero attached hydrogens (tertiary/aromatic N) is 2. The van der Waals surface area contributed by atoms with Gasteiger partial charge in [-0.15, -0.1) is 0 Å². The van der Waals surface area contributed by atoms with E-state index in [-0.39, 0.29) is 0 Å². The van der Waals surface area contributed by atoms with E-state index >= 15 is 0 Å². The molecule has 1 aliphatic heterocycles. The average molecular weight is 282 g/mol. The molecule has 1 heterocycles. The van der Waals surface area contributed by atoms with Gasteiger partial charge in [0.1, 0.15) is 0 Å². The van der Waals surface area contributed by atoms with E-state index in [0.29, 0.717) is 17.5 Å². The van der Waals surface area contributed by atoms with Gasteiger partial charge in [0.25, 0.3) is 0 Å². The molecule has 2 fully saturated rings. The number of rotatable bonds is 5. The molecule has 5 nitrogen and oxygen atoms in total. The maximum Gasteiger partial charge on any atom is 0.191 e. The number of morpholine rings is 1. The molecule has 0 aromatic carbocycles. The predicted molar refractivity (Wildman–Crippen MR) is 83.2 cm³/mol. The summed E-state index contributed by atoms with van der Waals surface area (Å²) < 4.78 is 5.40. The Morgan fingerprint density at radius 1 is 1.40 bits per heavy atom. The van der Waals surface area contributed by atoms with E-state index in [1.165, 1.54) is 6.42 Å². The van der Waals surface area contributed by atoms with Gasteiger partial charge in [-0.25, -0.2) is 0 Å². The maximum absolute atomic E-state index is 5.40. The summed E-state index contributed by atoms with van der Waals surface area (Å²) in [6.45, 7) is 14.4. The highest BCUT2D eigenvalue weighted by Crippen LogP contribution is 2.44. The van der Waals surface area contributed by atoms with Crippen LogP contribution in [0.1, 0.15) is 34.1 Å². The van der Waals surface area contributed by atoms with Crippen LogP contribution >= 0.6 is 0 Å². The van der Waals surface area contributed by atoms with Gasteiger partial charge in [0, 0.05) is 31.7 Å². The molecule has 0 spiro atoms. The van der Waals surface area contributed by atoms with Crippen LogP contribution in [0.5, 0.6) is 0 Å². The summed E-state index contributed by atoms with van der Waals surface area (Å²) in [5, 5.41) is 6.88. The second-order valence-electron chi connectivity index (χ2n) is 6.61. The number of hydrogen-bond acceptors (Lipinski definition) is 3. The summed E-state index contributed by atoms with van der Waals surface area (Å²) in [7, 11) is 0. The fourth-order valence-corrected chi connectivity index (χ4v) is 2.56. The molecule has 116 valence electrons. The molecule has 0 bridgehead atoms. The molecule has 1 saturated carbocycles. The van der Waals surface area contributed by atoms with E-state index in [0.717, 1.165) is 45.4 Å². The van der Waals surface area contributed by atoms with Gasteiger partial charge in [0.05, 0.1) is 19.8 Å². The van der Waals surface area contributed by atoms with Crippen molar-refractivity contribution in [2.75, 3.05) is 39.4 Å². The Hall–Kier alpha value is -0.810. The van der Waals surface area contributed by atoms with Crippen molar-refractivity contribution in [3.05, 3.63) is 0 Å². The first-order valence-electron chi connectivity index (χ1n) is 7.89. The Bertz CT molecular complexity index is 337. The Morgan fingerprint density at radius 2 is 2.05 bits per heavy atom. The Morgan fingerprint density at radius 3 is 2.60 bits per heavy atom. The van der Waals surface area contributed by atoms with Crippen LogP contribution in [-0.2, 0) is 4.74 Å². The van der Waals surface area contributed by atoms with Crippen LogP contribution in [0.15, 0.2) is 4.99 Å². The summed E-state index contributed by atoms with van der Waals surface area (Å²) in [4.78, 5) is 7.20. The third-order valence-electron chi connectivity index (χ3n) is 4.35. The van der Waals surface area contributed by atoms with Crippen molar-refractivity contribution in [1.29, 1.82) is 0 Å². The van der Waals surface area contributed by atoms with E-state index in [2.05, 4.69) is 43.2 Å². The van der Waals surface area contributed by atoms with Crippen molar-refractivity contribution in [3.8, 4) is 0 Å². The summed E-state index contributed by atoms with van der Waals surface area (Å²) in [6, 6.07) is 1.04. The molecule has 2 aliphatic rings. The van der Waals surface area contributed by atoms with Crippen molar-refractivity contribution in [2.24, 2.45) is 10.4 Å². The molecule has 0 aromatic heterocycles. The largest absolute Gasteiger partial charge is 0.379 e. The number of aliphatic imine (C=N–C) groups is 1. The number of ether oxygens (including phenoxy) is 1. The predicted octanol–water partition coefficient (Wildman–Crippen LogP) is 1.06. The van der Waals surface area contributed by atoms with Crippen LogP contribution < -0.4 is 10.6 Å². The number of guanidine groups is 1. The first kappa shape index (κ1) is 15.6. The fraction of sp³-hybridized carbons (Fsp3) is 0.933. The van der Waals surface area contributed by atoms with Gasteiger partial charge in [-0.2, -0.15) is 0 Å². The molecule has 5 heteroatoms. The van der Waals surface area contributed by atoms with Crippen LogP contribution in [0.3, 0.4) is 0 Å². The highest BCUT2D eigenvalue weighted by atomic mass is 16.5. The number of hydrogen-bond donors (Lipinski definition) is 2. The van der Waals surface area contributed by atoms with Crippen molar-refractivity contribution in [1.82, 2.24) is 15.5 Å². The molecule has 2 rings (SSSR count). The first-order valence-corrected chi connectivity index (χ1v) is 7.89. The van der Waals surface area contributed by atoms with Gasteiger partial charge in [-0.3, -0.25) is 9.89 Å². The van der Waals surface area contributed by atoms with Crippen molar-refractivity contribution in [3.63, 3.8) is 0 Å². The molecule has 2 atom stereocenters. The fourth-order valence-electron chi connectivity index (χ4n) is 2.56. The molecular formula is C15H30N4O. The zero-order valence-electron chi connectivity index (χ0n) is 13.4. The van der Waals surface area contributed by atoms with Crippen LogP contribution in [-0.4, -0.2) is 62.3 Å². The zero-order valence-corrected chi connectivity index (χ0v) is 13.4. The van der Waals surface area contributed by atoms with Gasteiger partial charge in [0.15, 0.2) is 5.96 Å². The topological polar surface area (TPSA) is 48.9 Å². The second-order valence-corrected chi connectivity index (χ2v) is 6.61. The lowest BCUT2D eigenvalue weighted by atomic mass is 10.2. The third kappa shape index (κ3) is 4.35. The van der Waals surface area contributed by atoms with E-state index < -0.39 is 0 Å². The Balaban J connectivity index is 1.81. The Kier molecular flexibility index (Phi) is 5.27. The van der Waals surface area contributed by atoms with E-state index in [1.54, 1.807) is 0 Å². The average Bonchev–Trinajstić information content (AvgIpc) is 3.04. The van der Waals surface area contributed by atoms with Crippen molar-refractivity contribution in [2.45, 2.75) is 46.2 Å². The molecule has 2 unspecified atom stereocenters. The highest BCUT2D eigenvalue weighted by molar-refractivity contribution is 5.80. The monoisotopic (exact) mass is 282 g/mol. The zero-order chi connectivity index (χ0) is 14.6. The van der Waals surface area contributed by atoms with Gasteiger partial charge < -0.3 is 15.4 Å². The maximum atomic E-state index is 5.40. The standard InChI is InChI=1S/C15H30N4O/c1-5-16-14(18-13-10-15(13,3)4)17-11-12(2)19-6-8-20-9-7-19/h12-13H,5-11H2,1-4H3,(H2,16,17,18). The van der Waals surface area contributed by atoms with E-state index in [9.17, 15) is 0 Å². The molecule has 20 heavy (non-hydrogen) atoms. The minimum atomic E-state index is 0.423. The molecule has 0 radical (unpaired) electrons. The lowest BCUT2D eigenvalue weighted by molar-refractivity contribution is 0.0220. The minimum Gasteiger partial charge on any atom is -0.379 e. The summed E-state index contributed by atoms with van der Waals surface area (Å²) in [5.74, 6) is 0.961. The van der Waals surface area contributed by atoms with Gasteiger partial charge in [0.2, 0.25) is 0 Å².